The van der Waals surface area contributed by atoms with Crippen molar-refractivity contribution in [3.8, 4) is 11.5 Å². The van der Waals surface area contributed by atoms with Gasteiger partial charge in [-0.2, -0.15) is 0 Å². The van der Waals surface area contributed by atoms with E-state index in [0.717, 1.165) is 0 Å². The maximum absolute atomic E-state index is 13.2. The highest BCUT2D eigenvalue weighted by atomic mass is 16.5. The Balaban J connectivity index is 1.45. The average Bonchev–Trinajstić information content (AvgIpc) is 3.48. The van der Waals surface area contributed by atoms with E-state index >= 15 is 0 Å². The largest absolute Gasteiger partial charge is 0.497 e. The Morgan fingerprint density at radius 1 is 0.946 bits per heavy atom. The molecule has 3 aromatic rings. The molecule has 2 N–H and O–H groups in total. The van der Waals surface area contributed by atoms with Gasteiger partial charge >= 0.3 is 0 Å². The van der Waals surface area contributed by atoms with E-state index in [9.17, 15) is 14.4 Å². The van der Waals surface area contributed by atoms with Crippen LogP contribution in [-0.4, -0.2) is 56.0 Å². The Hall–Kier alpha value is -4.27. The average molecular weight is 506 g/mol. The van der Waals surface area contributed by atoms with Gasteiger partial charge in [-0.05, 0) is 67.3 Å². The molecule has 1 aliphatic heterocycles. The van der Waals surface area contributed by atoms with Crippen molar-refractivity contribution in [2.24, 2.45) is 5.92 Å². The molecule has 0 aliphatic carbocycles. The molecule has 0 unspecified atom stereocenters. The number of hydrogen-bond donors (Lipinski definition) is 2. The van der Waals surface area contributed by atoms with Crippen LogP contribution in [0.2, 0.25) is 0 Å². The maximum Gasteiger partial charge on any atom is 0.253 e. The smallest absolute Gasteiger partial charge is 0.253 e. The van der Waals surface area contributed by atoms with E-state index < -0.39 is 6.04 Å². The van der Waals surface area contributed by atoms with E-state index in [1.54, 1.807) is 78.9 Å². The molecule has 4 rings (SSSR count). The van der Waals surface area contributed by atoms with Gasteiger partial charge < -0.3 is 29.4 Å². The first-order valence-corrected chi connectivity index (χ1v) is 12.2. The van der Waals surface area contributed by atoms with Gasteiger partial charge in [0.1, 0.15) is 23.3 Å². The Kier molecular flexibility index (Phi) is 8.45. The summed E-state index contributed by atoms with van der Waals surface area (Å²) >= 11 is 0. The van der Waals surface area contributed by atoms with Crippen LogP contribution < -0.4 is 20.1 Å². The summed E-state index contributed by atoms with van der Waals surface area (Å²) < 4.78 is 15.8. The minimum absolute atomic E-state index is 0.0865. The van der Waals surface area contributed by atoms with Crippen LogP contribution in [0.5, 0.6) is 11.5 Å². The predicted octanol–water partition coefficient (Wildman–Crippen LogP) is 3.26. The molecule has 1 aromatic heterocycles. The number of rotatable bonds is 9. The second-order valence-corrected chi connectivity index (χ2v) is 8.84. The van der Waals surface area contributed by atoms with Crippen molar-refractivity contribution >= 4 is 17.7 Å². The number of nitrogens with one attached hydrogen (secondary N) is 2. The third kappa shape index (κ3) is 6.49. The number of amides is 3. The molecular weight excluding hydrogens is 474 g/mol. The fraction of sp³-hybridized carbons (Fsp3) is 0.321. The number of nitrogens with zero attached hydrogens (tertiary/aromatic N) is 1. The van der Waals surface area contributed by atoms with Gasteiger partial charge in [-0.15, -0.1) is 0 Å². The maximum atomic E-state index is 13.2. The van der Waals surface area contributed by atoms with Crippen LogP contribution in [0.3, 0.4) is 0 Å². The summed E-state index contributed by atoms with van der Waals surface area (Å²) in [6.07, 6.45) is 2.67. The molecule has 1 atom stereocenters. The molecule has 0 bridgehead atoms. The van der Waals surface area contributed by atoms with E-state index in [-0.39, 0.29) is 30.2 Å². The first-order valence-electron chi connectivity index (χ1n) is 12.2. The van der Waals surface area contributed by atoms with Gasteiger partial charge in [0, 0.05) is 24.2 Å². The zero-order chi connectivity index (χ0) is 26.2. The van der Waals surface area contributed by atoms with E-state index in [1.165, 1.54) is 7.11 Å². The molecule has 0 saturated carbocycles. The number of methoxy groups -OCH3 is 2. The summed E-state index contributed by atoms with van der Waals surface area (Å²) in [6.45, 7) is 1.15. The highest BCUT2D eigenvalue weighted by Gasteiger charge is 2.34. The van der Waals surface area contributed by atoms with Crippen molar-refractivity contribution in [2.75, 3.05) is 27.3 Å². The lowest BCUT2D eigenvalue weighted by Gasteiger charge is -2.36. The number of carbonyl (C=O) groups is 3. The molecule has 1 fully saturated rings. The van der Waals surface area contributed by atoms with Gasteiger partial charge in [-0.3, -0.25) is 14.4 Å². The fourth-order valence-corrected chi connectivity index (χ4v) is 4.46. The number of benzene rings is 2. The second kappa shape index (κ2) is 12.1. The molecular formula is C28H31N3O6. The normalized spacial score (nSPS) is 14.5. The summed E-state index contributed by atoms with van der Waals surface area (Å²) in [7, 11) is 3.09. The Morgan fingerprint density at radius 3 is 2.22 bits per heavy atom. The highest BCUT2D eigenvalue weighted by molar-refractivity contribution is 5.98. The van der Waals surface area contributed by atoms with Gasteiger partial charge in [0.25, 0.3) is 11.8 Å². The summed E-state index contributed by atoms with van der Waals surface area (Å²) in [4.78, 5) is 41.1. The number of hydrogen-bond acceptors (Lipinski definition) is 6. The van der Waals surface area contributed by atoms with Crippen LogP contribution in [0.25, 0.3) is 0 Å². The highest BCUT2D eigenvalue weighted by Crippen LogP contribution is 2.24. The number of ether oxygens (including phenoxy) is 2. The van der Waals surface area contributed by atoms with Crippen LogP contribution in [-0.2, 0) is 11.3 Å². The Bertz CT molecular complexity index is 1220. The van der Waals surface area contributed by atoms with Crippen molar-refractivity contribution in [1.82, 2.24) is 15.5 Å². The van der Waals surface area contributed by atoms with Crippen molar-refractivity contribution in [2.45, 2.75) is 25.4 Å². The van der Waals surface area contributed by atoms with E-state index in [4.69, 9.17) is 13.9 Å². The summed E-state index contributed by atoms with van der Waals surface area (Å²) in [5.74, 6) is 0.879. The quantitative estimate of drug-likeness (QED) is 0.462. The first kappa shape index (κ1) is 25.8. The van der Waals surface area contributed by atoms with Gasteiger partial charge in [0.15, 0.2) is 0 Å². The van der Waals surface area contributed by atoms with Crippen LogP contribution in [0.1, 0.15) is 39.3 Å². The fourth-order valence-electron chi connectivity index (χ4n) is 4.46. The molecule has 3 amide bonds. The molecule has 9 nitrogen and oxygen atoms in total. The summed E-state index contributed by atoms with van der Waals surface area (Å²) in [5.41, 5.74) is 0.950. The van der Waals surface area contributed by atoms with Crippen molar-refractivity contribution in [1.29, 1.82) is 0 Å². The number of likely N-dealkylation sites (tertiary alicyclic amines) is 1. The zero-order valence-electron chi connectivity index (χ0n) is 20.9. The Labute approximate surface area is 215 Å². The van der Waals surface area contributed by atoms with Gasteiger partial charge in [-0.25, -0.2) is 0 Å². The number of piperidine rings is 1. The van der Waals surface area contributed by atoms with Crippen molar-refractivity contribution in [3.05, 3.63) is 83.8 Å². The molecule has 2 aromatic carbocycles. The lowest BCUT2D eigenvalue weighted by atomic mass is 9.88. The minimum Gasteiger partial charge on any atom is -0.497 e. The third-order valence-electron chi connectivity index (χ3n) is 6.53. The van der Waals surface area contributed by atoms with Crippen LogP contribution in [0.4, 0.5) is 0 Å². The van der Waals surface area contributed by atoms with E-state index in [1.807, 2.05) is 0 Å². The summed E-state index contributed by atoms with van der Waals surface area (Å²) in [5, 5.41) is 5.79. The van der Waals surface area contributed by atoms with Crippen LogP contribution >= 0.6 is 0 Å². The number of carbonyl (C=O) groups excluding carboxylic acids is 3. The van der Waals surface area contributed by atoms with Gasteiger partial charge in [0.05, 0.1) is 27.0 Å². The van der Waals surface area contributed by atoms with Crippen molar-refractivity contribution in [3.63, 3.8) is 0 Å². The lowest BCUT2D eigenvalue weighted by Crippen LogP contribution is -2.53. The SMILES string of the molecule is COc1cccc(C(=O)N[C@@H](C(=O)NCc2ccco2)C2CCN(C(=O)c3cccc(OC)c3)CC2)c1. The van der Waals surface area contributed by atoms with Crippen LogP contribution in [0, 0.1) is 5.92 Å². The number of furan rings is 1. The molecule has 1 aliphatic rings. The molecule has 37 heavy (non-hydrogen) atoms. The molecule has 194 valence electrons. The molecule has 9 heteroatoms. The molecule has 2 heterocycles. The zero-order valence-corrected chi connectivity index (χ0v) is 20.9. The van der Waals surface area contributed by atoms with Crippen LogP contribution in [0.15, 0.2) is 71.3 Å². The Morgan fingerprint density at radius 2 is 1.59 bits per heavy atom. The summed E-state index contributed by atoms with van der Waals surface area (Å²) in [6, 6.07) is 16.6. The van der Waals surface area contributed by atoms with Gasteiger partial charge in [0.2, 0.25) is 5.91 Å². The predicted molar refractivity (Wildman–Crippen MR) is 136 cm³/mol. The van der Waals surface area contributed by atoms with Gasteiger partial charge in [-0.1, -0.05) is 12.1 Å². The molecule has 0 spiro atoms. The first-order chi connectivity index (χ1) is 18.0. The van der Waals surface area contributed by atoms with E-state index in [0.29, 0.717) is 54.3 Å². The second-order valence-electron chi connectivity index (χ2n) is 8.84. The molecule has 0 radical (unpaired) electrons. The molecule has 1 saturated heterocycles. The topological polar surface area (TPSA) is 110 Å². The minimum atomic E-state index is -0.775. The monoisotopic (exact) mass is 505 g/mol. The van der Waals surface area contributed by atoms with Crippen molar-refractivity contribution < 1.29 is 28.3 Å². The lowest BCUT2D eigenvalue weighted by molar-refractivity contribution is -0.124. The third-order valence-corrected chi connectivity index (χ3v) is 6.53. The van der Waals surface area contributed by atoms with E-state index in [2.05, 4.69) is 10.6 Å². The standard InChI is InChI=1S/C28H31N3O6/c1-35-22-8-3-6-20(16-22)26(32)30-25(27(33)29-18-24-10-5-15-37-24)19-11-13-31(14-12-19)28(34)21-7-4-9-23(17-21)36-2/h3-10,15-17,19,25H,11-14,18H2,1-2H3,(H,29,33)(H,30,32)/t25-/m1/s1.